The molecule has 1 N–H and O–H groups in total. The minimum Gasteiger partial charge on any atom is -0.346 e. The zero-order valence-electron chi connectivity index (χ0n) is 12.7. The molecular weight excluding hydrogens is 290 g/mol. The van der Waals surface area contributed by atoms with Gasteiger partial charge in [-0.2, -0.15) is 0 Å². The van der Waals surface area contributed by atoms with Gasteiger partial charge in [0.1, 0.15) is 0 Å². The molecular formula is C15H26ClN3O2. The topological polar surface area (TPSA) is 52.7 Å². The van der Waals surface area contributed by atoms with Crippen LogP contribution in [0.2, 0.25) is 0 Å². The van der Waals surface area contributed by atoms with Crippen LogP contribution in [0.3, 0.4) is 0 Å². The number of hydrogen-bond acceptors (Lipinski definition) is 3. The first-order chi connectivity index (χ1) is 9.65. The van der Waals surface area contributed by atoms with E-state index in [1.54, 1.807) is 4.90 Å². The number of carbonyl (C=O) groups is 2. The lowest BCUT2D eigenvalue weighted by atomic mass is 9.92. The molecule has 0 aromatic carbocycles. The number of hydrogen-bond donors (Lipinski definition) is 1. The van der Waals surface area contributed by atoms with Gasteiger partial charge in [0.05, 0.1) is 0 Å². The number of carbonyl (C=O) groups excluding carboxylic acids is 2. The summed E-state index contributed by atoms with van der Waals surface area (Å²) >= 11 is 0. The molecule has 3 heterocycles. The summed E-state index contributed by atoms with van der Waals surface area (Å²) in [5, 5.41) is 3.46. The van der Waals surface area contributed by atoms with Gasteiger partial charge in [0.25, 0.3) is 0 Å². The Morgan fingerprint density at radius 1 is 1.10 bits per heavy atom. The summed E-state index contributed by atoms with van der Waals surface area (Å²) in [7, 11) is 1.82. The van der Waals surface area contributed by atoms with E-state index in [0.717, 1.165) is 63.8 Å². The summed E-state index contributed by atoms with van der Waals surface area (Å²) in [6.45, 7) is 4.70. The van der Waals surface area contributed by atoms with Crippen molar-refractivity contribution < 1.29 is 9.59 Å². The molecule has 6 heteroatoms. The second kappa shape index (κ2) is 6.97. The zero-order valence-corrected chi connectivity index (χ0v) is 13.5. The van der Waals surface area contributed by atoms with E-state index in [9.17, 15) is 9.59 Å². The van der Waals surface area contributed by atoms with Crippen molar-refractivity contribution in [3.05, 3.63) is 0 Å². The van der Waals surface area contributed by atoms with Crippen molar-refractivity contribution in [1.82, 2.24) is 15.1 Å². The third-order valence-electron chi connectivity index (χ3n) is 5.34. The van der Waals surface area contributed by atoms with Crippen molar-refractivity contribution in [3.8, 4) is 0 Å². The van der Waals surface area contributed by atoms with Gasteiger partial charge in [-0.3, -0.25) is 9.59 Å². The minimum absolute atomic E-state index is 0. The van der Waals surface area contributed by atoms with Gasteiger partial charge in [0, 0.05) is 39.0 Å². The molecule has 0 saturated carbocycles. The van der Waals surface area contributed by atoms with Crippen LogP contribution in [0.15, 0.2) is 0 Å². The number of nitrogens with one attached hydrogen (secondary N) is 1. The third-order valence-corrected chi connectivity index (χ3v) is 5.34. The molecule has 5 nitrogen and oxygen atoms in total. The van der Waals surface area contributed by atoms with E-state index in [4.69, 9.17) is 0 Å². The highest BCUT2D eigenvalue weighted by molar-refractivity contribution is 5.87. The molecule has 3 aliphatic heterocycles. The molecule has 3 atom stereocenters. The second-order valence-corrected chi connectivity index (χ2v) is 6.59. The van der Waals surface area contributed by atoms with Gasteiger partial charge in [-0.1, -0.05) is 0 Å². The summed E-state index contributed by atoms with van der Waals surface area (Å²) in [5.41, 5.74) is 0. The van der Waals surface area contributed by atoms with Gasteiger partial charge in [-0.05, 0) is 44.2 Å². The molecule has 0 radical (unpaired) electrons. The van der Waals surface area contributed by atoms with E-state index in [1.807, 2.05) is 11.9 Å². The van der Waals surface area contributed by atoms with Gasteiger partial charge in [-0.25, -0.2) is 0 Å². The predicted octanol–water partition coefficient (Wildman–Crippen LogP) is 0.735. The molecule has 3 rings (SSSR count). The molecule has 21 heavy (non-hydrogen) atoms. The molecule has 0 bridgehead atoms. The summed E-state index contributed by atoms with van der Waals surface area (Å²) in [6, 6.07) is 0. The summed E-state index contributed by atoms with van der Waals surface area (Å²) in [6.07, 6.45) is 3.46. The Kier molecular flexibility index (Phi) is 5.49. The van der Waals surface area contributed by atoms with Crippen LogP contribution in [0.4, 0.5) is 0 Å². The molecule has 0 aromatic rings. The molecule has 3 saturated heterocycles. The highest BCUT2D eigenvalue weighted by Crippen LogP contribution is 2.29. The quantitative estimate of drug-likeness (QED) is 0.776. The maximum Gasteiger partial charge on any atom is 0.226 e. The number of likely N-dealkylation sites (tertiary alicyclic amines) is 2. The van der Waals surface area contributed by atoms with Crippen LogP contribution in [0.25, 0.3) is 0 Å². The van der Waals surface area contributed by atoms with Crippen LogP contribution in [-0.4, -0.2) is 61.4 Å². The molecule has 0 aliphatic carbocycles. The zero-order chi connectivity index (χ0) is 14.1. The predicted molar refractivity (Wildman–Crippen MR) is 83.3 cm³/mol. The highest BCUT2D eigenvalue weighted by atomic mass is 35.5. The number of piperidine rings is 1. The number of rotatable bonds is 1. The Morgan fingerprint density at radius 2 is 1.71 bits per heavy atom. The Morgan fingerprint density at radius 3 is 2.29 bits per heavy atom. The third kappa shape index (κ3) is 3.51. The summed E-state index contributed by atoms with van der Waals surface area (Å²) < 4.78 is 0. The molecule has 120 valence electrons. The van der Waals surface area contributed by atoms with Crippen molar-refractivity contribution in [3.63, 3.8) is 0 Å². The van der Waals surface area contributed by atoms with Crippen LogP contribution in [0, 0.1) is 17.8 Å². The molecule has 0 spiro atoms. The van der Waals surface area contributed by atoms with Crippen molar-refractivity contribution in [2.45, 2.75) is 25.7 Å². The normalized spacial score (nSPS) is 33.2. The van der Waals surface area contributed by atoms with E-state index < -0.39 is 0 Å². The SMILES string of the molecule is CN1CCC(C(=O)N2CC[C@@H]3CNC[C@@H]3CC2)CC1=O.Cl. The fraction of sp³-hybridized carbons (Fsp3) is 0.867. The highest BCUT2D eigenvalue weighted by Gasteiger charge is 2.35. The molecule has 0 aromatic heterocycles. The Labute approximate surface area is 132 Å². The van der Waals surface area contributed by atoms with Gasteiger partial charge >= 0.3 is 0 Å². The Hall–Kier alpha value is -0.810. The standard InChI is InChI=1S/C15H25N3O2.ClH/c1-17-5-2-11(8-14(17)19)15(20)18-6-3-12-9-16-10-13(12)4-7-18;/h11-13,16H,2-10H2,1H3;1H/t11?,12-,13+;. The molecule has 1 unspecified atom stereocenters. The number of fused-ring (bicyclic) bond motifs is 1. The van der Waals surface area contributed by atoms with Gasteiger partial charge in [0.2, 0.25) is 11.8 Å². The van der Waals surface area contributed by atoms with E-state index in [1.165, 1.54) is 0 Å². The summed E-state index contributed by atoms with van der Waals surface area (Å²) in [5.74, 6) is 1.75. The average molecular weight is 316 g/mol. The lowest BCUT2D eigenvalue weighted by Gasteiger charge is -2.32. The Balaban J connectivity index is 0.00000161. The van der Waals surface area contributed by atoms with E-state index in [2.05, 4.69) is 5.32 Å². The smallest absolute Gasteiger partial charge is 0.226 e. The largest absolute Gasteiger partial charge is 0.346 e. The number of nitrogens with zero attached hydrogens (tertiary/aromatic N) is 2. The Bertz CT molecular complexity index is 390. The van der Waals surface area contributed by atoms with Crippen molar-refractivity contribution in [2.75, 3.05) is 39.8 Å². The average Bonchev–Trinajstić information content (AvgIpc) is 2.80. The first-order valence-electron chi connectivity index (χ1n) is 7.88. The van der Waals surface area contributed by atoms with Crippen LogP contribution in [0.5, 0.6) is 0 Å². The van der Waals surface area contributed by atoms with Gasteiger partial charge in [-0.15, -0.1) is 12.4 Å². The van der Waals surface area contributed by atoms with E-state index >= 15 is 0 Å². The number of halogens is 1. The van der Waals surface area contributed by atoms with E-state index in [0.29, 0.717) is 6.42 Å². The summed E-state index contributed by atoms with van der Waals surface area (Å²) in [4.78, 5) is 28.2. The fourth-order valence-corrected chi connectivity index (χ4v) is 3.85. The van der Waals surface area contributed by atoms with Crippen molar-refractivity contribution in [1.29, 1.82) is 0 Å². The fourth-order valence-electron chi connectivity index (χ4n) is 3.85. The lowest BCUT2D eigenvalue weighted by molar-refractivity contribution is -0.144. The maximum absolute atomic E-state index is 12.6. The first-order valence-corrected chi connectivity index (χ1v) is 7.88. The monoisotopic (exact) mass is 315 g/mol. The van der Waals surface area contributed by atoms with Crippen LogP contribution in [-0.2, 0) is 9.59 Å². The first kappa shape index (κ1) is 16.6. The van der Waals surface area contributed by atoms with Gasteiger partial charge in [0.15, 0.2) is 0 Å². The maximum atomic E-state index is 12.6. The minimum atomic E-state index is -0.0743. The van der Waals surface area contributed by atoms with Crippen molar-refractivity contribution in [2.24, 2.45) is 17.8 Å². The second-order valence-electron chi connectivity index (χ2n) is 6.59. The van der Waals surface area contributed by atoms with E-state index in [-0.39, 0.29) is 30.1 Å². The van der Waals surface area contributed by atoms with Crippen molar-refractivity contribution >= 4 is 24.2 Å². The molecule has 3 fully saturated rings. The van der Waals surface area contributed by atoms with Gasteiger partial charge < -0.3 is 15.1 Å². The van der Waals surface area contributed by atoms with Crippen LogP contribution >= 0.6 is 12.4 Å². The van der Waals surface area contributed by atoms with Crippen LogP contribution in [0.1, 0.15) is 25.7 Å². The number of amides is 2. The molecule has 2 amide bonds. The van der Waals surface area contributed by atoms with Crippen LogP contribution < -0.4 is 5.32 Å². The molecule has 3 aliphatic rings. The lowest BCUT2D eigenvalue weighted by Crippen LogP contribution is -2.44.